The Morgan fingerprint density at radius 3 is 1.26 bits per heavy atom. The van der Waals surface area contributed by atoms with E-state index in [9.17, 15) is 49.5 Å². The molecule has 0 spiro atoms. The molecule has 35 heavy (non-hydrogen) atoms. The SMILES string of the molecule is O=C1CC(=O)C(C(C2CC(F)(F)C2)C2CC(F)(F)C2)N1.O=CC(C1CC(F)(F)C1)C1CC(F)(F)C1. The van der Waals surface area contributed by atoms with Crippen molar-refractivity contribution in [1.29, 1.82) is 0 Å². The fourth-order valence-electron chi connectivity index (χ4n) is 6.34. The zero-order chi connectivity index (χ0) is 26.0. The molecule has 0 aromatic rings. The summed E-state index contributed by atoms with van der Waals surface area (Å²) < 4.78 is 102. The van der Waals surface area contributed by atoms with Crippen LogP contribution < -0.4 is 5.32 Å². The molecule has 1 atom stereocenters. The standard InChI is InChI=1S/C13H15F4NO2.C10H12F4O/c14-12(15)2-6(3-12)10(7-4-13(16,17)5-7)11-8(19)1-9(20)18-11;11-9(12)1-6(2-9)8(5-15)7-3-10(13,14)4-7/h6-7,10-11H,1-5H2,(H,18,20);5-8H,1-4H2. The van der Waals surface area contributed by atoms with Crippen LogP contribution in [0.15, 0.2) is 0 Å². The molecule has 1 aliphatic heterocycles. The van der Waals surface area contributed by atoms with Crippen LogP contribution in [0.3, 0.4) is 0 Å². The maximum atomic E-state index is 13.0. The summed E-state index contributed by atoms with van der Waals surface area (Å²) in [4.78, 5) is 33.7. The predicted octanol–water partition coefficient (Wildman–Crippen LogP) is 5.04. The van der Waals surface area contributed by atoms with Gasteiger partial charge in [-0.1, -0.05) is 0 Å². The number of alkyl halides is 8. The topological polar surface area (TPSA) is 63.2 Å². The normalized spacial score (nSPS) is 31.5. The van der Waals surface area contributed by atoms with Crippen molar-refractivity contribution in [3.8, 4) is 0 Å². The van der Waals surface area contributed by atoms with Crippen LogP contribution >= 0.6 is 0 Å². The van der Waals surface area contributed by atoms with Gasteiger partial charge in [-0.05, 0) is 29.6 Å². The van der Waals surface area contributed by atoms with Crippen molar-refractivity contribution in [2.24, 2.45) is 35.5 Å². The Hall–Kier alpha value is -1.75. The van der Waals surface area contributed by atoms with Gasteiger partial charge in [0, 0.05) is 57.3 Å². The Bertz CT molecular complexity index is 799. The van der Waals surface area contributed by atoms with Crippen molar-refractivity contribution in [3.63, 3.8) is 0 Å². The van der Waals surface area contributed by atoms with Crippen LogP contribution in [0.4, 0.5) is 35.1 Å². The summed E-state index contributed by atoms with van der Waals surface area (Å²) in [5, 5.41) is 2.48. The second kappa shape index (κ2) is 8.68. The largest absolute Gasteiger partial charge is 0.346 e. The molecule has 1 heterocycles. The second-order valence-corrected chi connectivity index (χ2v) is 11.1. The lowest BCUT2D eigenvalue weighted by Gasteiger charge is -2.49. The molecule has 0 bridgehead atoms. The predicted molar refractivity (Wildman–Crippen MR) is 105 cm³/mol. The van der Waals surface area contributed by atoms with Gasteiger partial charge < -0.3 is 10.1 Å². The summed E-state index contributed by atoms with van der Waals surface area (Å²) in [5.74, 6) is -14.6. The molecule has 4 nitrogen and oxygen atoms in total. The maximum absolute atomic E-state index is 13.0. The molecule has 198 valence electrons. The molecule has 4 aliphatic carbocycles. The number of Topliss-reactive ketones (excluding diaryl/α,β-unsaturated/α-hetero) is 1. The van der Waals surface area contributed by atoms with Gasteiger partial charge in [-0.25, -0.2) is 35.1 Å². The number of rotatable bonds is 6. The van der Waals surface area contributed by atoms with Gasteiger partial charge in [0.15, 0.2) is 5.78 Å². The quantitative estimate of drug-likeness (QED) is 0.305. The van der Waals surface area contributed by atoms with E-state index < -0.39 is 71.1 Å². The van der Waals surface area contributed by atoms with Crippen LogP contribution in [-0.2, 0) is 14.4 Å². The molecule has 1 saturated heterocycles. The van der Waals surface area contributed by atoms with Crippen LogP contribution in [0.5, 0.6) is 0 Å². The molecule has 1 N–H and O–H groups in total. The summed E-state index contributed by atoms with van der Waals surface area (Å²) >= 11 is 0. The average Bonchev–Trinajstić information content (AvgIpc) is 2.95. The molecule has 1 unspecified atom stereocenters. The molecule has 5 fully saturated rings. The third kappa shape index (κ3) is 5.65. The van der Waals surface area contributed by atoms with Gasteiger partial charge in [0.1, 0.15) is 6.29 Å². The molecule has 12 heteroatoms. The van der Waals surface area contributed by atoms with Gasteiger partial charge >= 0.3 is 0 Å². The lowest BCUT2D eigenvalue weighted by Crippen LogP contribution is -2.55. The van der Waals surface area contributed by atoms with Crippen molar-refractivity contribution < 1.29 is 49.5 Å². The zero-order valence-electron chi connectivity index (χ0n) is 18.7. The fourth-order valence-corrected chi connectivity index (χ4v) is 6.34. The van der Waals surface area contributed by atoms with Gasteiger partial charge in [-0.15, -0.1) is 0 Å². The van der Waals surface area contributed by atoms with Crippen molar-refractivity contribution in [2.75, 3.05) is 0 Å². The first-order chi connectivity index (χ1) is 16.0. The minimum absolute atomic E-state index is 0.270. The third-order valence-electron chi connectivity index (χ3n) is 8.20. The number of hydrogen-bond donors (Lipinski definition) is 1. The van der Waals surface area contributed by atoms with Crippen molar-refractivity contribution in [2.45, 2.75) is 87.5 Å². The van der Waals surface area contributed by atoms with Crippen molar-refractivity contribution in [1.82, 2.24) is 5.32 Å². The van der Waals surface area contributed by atoms with E-state index in [4.69, 9.17) is 0 Å². The lowest BCUT2D eigenvalue weighted by atomic mass is 9.59. The molecule has 1 amide bonds. The van der Waals surface area contributed by atoms with Crippen LogP contribution in [0.25, 0.3) is 0 Å². The van der Waals surface area contributed by atoms with E-state index in [1.165, 1.54) is 0 Å². The Morgan fingerprint density at radius 1 is 0.657 bits per heavy atom. The van der Waals surface area contributed by atoms with Gasteiger partial charge in [0.2, 0.25) is 29.6 Å². The smallest absolute Gasteiger partial charge is 0.248 e. The number of nitrogens with one attached hydrogen (secondary N) is 1. The van der Waals surface area contributed by atoms with Gasteiger partial charge in [0.25, 0.3) is 0 Å². The minimum atomic E-state index is -2.76. The average molecular weight is 517 g/mol. The van der Waals surface area contributed by atoms with E-state index in [1.54, 1.807) is 0 Å². The first-order valence-electron chi connectivity index (χ1n) is 11.8. The maximum Gasteiger partial charge on any atom is 0.248 e. The summed E-state index contributed by atoms with van der Waals surface area (Å²) in [6.07, 6.45) is -2.47. The van der Waals surface area contributed by atoms with Crippen LogP contribution in [0.1, 0.15) is 57.8 Å². The molecule has 0 aromatic heterocycles. The van der Waals surface area contributed by atoms with Crippen molar-refractivity contribution in [3.05, 3.63) is 0 Å². The minimum Gasteiger partial charge on any atom is -0.346 e. The number of halogens is 8. The van der Waals surface area contributed by atoms with Crippen molar-refractivity contribution >= 4 is 18.0 Å². The number of carbonyl (C=O) groups excluding carboxylic acids is 3. The highest BCUT2D eigenvalue weighted by molar-refractivity contribution is 6.07. The van der Waals surface area contributed by atoms with E-state index >= 15 is 0 Å². The lowest BCUT2D eigenvalue weighted by molar-refractivity contribution is -0.177. The number of carbonyl (C=O) groups is 3. The van der Waals surface area contributed by atoms with Crippen LogP contribution in [0.2, 0.25) is 0 Å². The van der Waals surface area contributed by atoms with E-state index in [1.807, 2.05) is 0 Å². The van der Waals surface area contributed by atoms with E-state index in [0.29, 0.717) is 6.29 Å². The first-order valence-corrected chi connectivity index (χ1v) is 11.8. The molecule has 0 aromatic carbocycles. The van der Waals surface area contributed by atoms with Gasteiger partial charge in [0.05, 0.1) is 12.5 Å². The summed E-state index contributed by atoms with van der Waals surface area (Å²) in [6, 6.07) is -0.857. The Balaban J connectivity index is 0.000000172. The highest BCUT2D eigenvalue weighted by Gasteiger charge is 2.59. The summed E-state index contributed by atoms with van der Waals surface area (Å²) in [6.45, 7) is 0. The van der Waals surface area contributed by atoms with Gasteiger partial charge in [-0.3, -0.25) is 9.59 Å². The first kappa shape index (κ1) is 26.3. The third-order valence-corrected chi connectivity index (χ3v) is 8.20. The zero-order valence-corrected chi connectivity index (χ0v) is 18.7. The monoisotopic (exact) mass is 517 g/mol. The molecule has 5 rings (SSSR count). The summed E-state index contributed by atoms with van der Waals surface area (Å²) in [5.41, 5.74) is 0. The molecule has 5 aliphatic rings. The van der Waals surface area contributed by atoms with Crippen LogP contribution in [-0.4, -0.2) is 47.7 Å². The Kier molecular flexibility index (Phi) is 6.52. The summed E-state index contributed by atoms with van der Waals surface area (Å²) in [7, 11) is 0. The number of aldehydes is 1. The molecule has 4 saturated carbocycles. The number of ketones is 1. The molecular formula is C23H27F8NO3. The number of amides is 1. The second-order valence-electron chi connectivity index (χ2n) is 11.1. The molecular weight excluding hydrogens is 490 g/mol. The van der Waals surface area contributed by atoms with E-state index in [-0.39, 0.29) is 63.6 Å². The Morgan fingerprint density at radius 2 is 1.00 bits per heavy atom. The fraction of sp³-hybridized carbons (Fsp3) is 0.870. The van der Waals surface area contributed by atoms with E-state index in [0.717, 1.165) is 0 Å². The number of hydrogen-bond acceptors (Lipinski definition) is 3. The Labute approximate surface area is 196 Å². The highest BCUT2D eigenvalue weighted by atomic mass is 19.3. The molecule has 0 radical (unpaired) electrons. The van der Waals surface area contributed by atoms with Crippen LogP contribution in [0, 0.1) is 35.5 Å². The van der Waals surface area contributed by atoms with Gasteiger partial charge in [-0.2, -0.15) is 0 Å². The highest BCUT2D eigenvalue weighted by Crippen LogP contribution is 2.56. The van der Waals surface area contributed by atoms with E-state index in [2.05, 4.69) is 5.32 Å².